The van der Waals surface area contributed by atoms with Crippen molar-refractivity contribution >= 4 is 0 Å². The molecular weight excluding hydrogens is 445 g/mol. The number of hydrogen-bond donors (Lipinski definition) is 0. The van der Waals surface area contributed by atoms with Crippen LogP contribution in [0.3, 0.4) is 0 Å². The van der Waals surface area contributed by atoms with Crippen LogP contribution in [-0.2, 0) is 6.42 Å². The third-order valence-corrected chi connectivity index (χ3v) is 8.49. The average Bonchev–Trinajstić information content (AvgIpc) is 2.86. The van der Waals surface area contributed by atoms with Gasteiger partial charge in [-0.25, -0.2) is 13.2 Å². The van der Waals surface area contributed by atoms with Gasteiger partial charge < -0.3 is 4.74 Å². The highest BCUT2D eigenvalue weighted by Gasteiger charge is 2.27. The average molecular weight is 487 g/mol. The molecule has 2 saturated carbocycles. The summed E-state index contributed by atoms with van der Waals surface area (Å²) in [5, 5.41) is 0. The minimum Gasteiger partial charge on any atom is -0.493 e. The van der Waals surface area contributed by atoms with Gasteiger partial charge in [0.15, 0.2) is 11.6 Å². The Morgan fingerprint density at radius 2 is 1.46 bits per heavy atom. The number of hydrogen-bond acceptors (Lipinski definition) is 1. The fraction of sp³-hybridized carbons (Fsp3) is 0.613. The molecule has 2 aliphatic carbocycles. The van der Waals surface area contributed by atoms with Gasteiger partial charge in [0.05, 0.1) is 6.61 Å². The molecule has 0 bridgehead atoms. The summed E-state index contributed by atoms with van der Waals surface area (Å²) in [6, 6.07) is 8.94. The fourth-order valence-electron chi connectivity index (χ4n) is 6.07. The molecule has 2 fully saturated rings. The lowest BCUT2D eigenvalue weighted by molar-refractivity contribution is 0.300. The third kappa shape index (κ3) is 6.62. The summed E-state index contributed by atoms with van der Waals surface area (Å²) < 4.78 is 50.1. The second kappa shape index (κ2) is 12.3. The van der Waals surface area contributed by atoms with Gasteiger partial charge >= 0.3 is 0 Å². The molecule has 0 atom stereocenters. The Kier molecular flexibility index (Phi) is 9.19. The van der Waals surface area contributed by atoms with E-state index in [1.807, 2.05) is 24.3 Å². The Bertz CT molecular complexity index is 956. The van der Waals surface area contributed by atoms with E-state index in [1.54, 1.807) is 0 Å². The first-order valence-electron chi connectivity index (χ1n) is 13.8. The largest absolute Gasteiger partial charge is 0.493 e. The monoisotopic (exact) mass is 486 g/mol. The fourth-order valence-corrected chi connectivity index (χ4v) is 6.07. The van der Waals surface area contributed by atoms with Crippen LogP contribution < -0.4 is 4.74 Å². The molecule has 2 aromatic rings. The first-order chi connectivity index (χ1) is 17.0. The molecule has 35 heavy (non-hydrogen) atoms. The molecule has 0 N–H and O–H groups in total. The van der Waals surface area contributed by atoms with Gasteiger partial charge in [0.25, 0.3) is 0 Å². The summed E-state index contributed by atoms with van der Waals surface area (Å²) in [5.74, 6) is 0.715. The third-order valence-electron chi connectivity index (χ3n) is 8.49. The van der Waals surface area contributed by atoms with Gasteiger partial charge in [-0.15, -0.1) is 0 Å². The first-order valence-corrected chi connectivity index (χ1v) is 13.8. The van der Waals surface area contributed by atoms with Crippen LogP contribution in [0.4, 0.5) is 13.2 Å². The van der Waals surface area contributed by atoms with Crippen LogP contribution in [0.5, 0.6) is 5.75 Å². The van der Waals surface area contributed by atoms with Crippen LogP contribution in [0, 0.1) is 29.3 Å². The van der Waals surface area contributed by atoms with Crippen LogP contribution in [0.2, 0.25) is 0 Å². The Balaban J connectivity index is 1.28. The SMILES string of the molecule is CCCCOc1ccc(C2CCC(CCc3ccc(C4CCC(C)CC4)c(F)c3F)CC2)c(F)c1. The summed E-state index contributed by atoms with van der Waals surface area (Å²) in [6.45, 7) is 4.96. The lowest BCUT2D eigenvalue weighted by Gasteiger charge is -2.29. The van der Waals surface area contributed by atoms with Gasteiger partial charge in [0.1, 0.15) is 11.6 Å². The zero-order valence-electron chi connectivity index (χ0n) is 21.4. The number of aryl methyl sites for hydroxylation is 1. The van der Waals surface area contributed by atoms with E-state index in [0.717, 1.165) is 76.2 Å². The van der Waals surface area contributed by atoms with E-state index in [9.17, 15) is 13.2 Å². The molecule has 1 nitrogen and oxygen atoms in total. The normalized spacial score (nSPS) is 24.9. The molecule has 0 unspecified atom stereocenters. The molecule has 0 spiro atoms. The molecule has 4 heteroatoms. The van der Waals surface area contributed by atoms with E-state index in [0.29, 0.717) is 41.7 Å². The van der Waals surface area contributed by atoms with E-state index in [2.05, 4.69) is 13.8 Å². The lowest BCUT2D eigenvalue weighted by Crippen LogP contribution is -2.16. The Morgan fingerprint density at radius 3 is 2.14 bits per heavy atom. The highest BCUT2D eigenvalue weighted by molar-refractivity contribution is 5.32. The van der Waals surface area contributed by atoms with Gasteiger partial charge in [-0.3, -0.25) is 0 Å². The topological polar surface area (TPSA) is 9.23 Å². The second-order valence-electron chi connectivity index (χ2n) is 11.0. The molecular formula is C31H41F3O. The van der Waals surface area contributed by atoms with E-state index in [4.69, 9.17) is 4.74 Å². The number of unbranched alkanes of at least 4 members (excludes halogenated alkanes) is 1. The van der Waals surface area contributed by atoms with E-state index >= 15 is 0 Å². The minimum absolute atomic E-state index is 0.155. The van der Waals surface area contributed by atoms with Gasteiger partial charge in [-0.1, -0.05) is 51.3 Å². The predicted octanol–water partition coefficient (Wildman–Crippen LogP) is 9.48. The number of benzene rings is 2. The van der Waals surface area contributed by atoms with Crippen molar-refractivity contribution in [2.24, 2.45) is 11.8 Å². The number of halogens is 3. The molecule has 0 saturated heterocycles. The van der Waals surface area contributed by atoms with Crippen molar-refractivity contribution in [3.8, 4) is 5.75 Å². The first kappa shape index (κ1) is 26.1. The van der Waals surface area contributed by atoms with Gasteiger partial charge in [-0.2, -0.15) is 0 Å². The van der Waals surface area contributed by atoms with Crippen LogP contribution in [0.15, 0.2) is 30.3 Å². The zero-order chi connectivity index (χ0) is 24.8. The predicted molar refractivity (Wildman–Crippen MR) is 137 cm³/mol. The molecule has 2 aromatic carbocycles. The Labute approximate surface area is 209 Å². The van der Waals surface area contributed by atoms with Crippen molar-refractivity contribution in [1.82, 2.24) is 0 Å². The molecule has 4 rings (SSSR count). The van der Waals surface area contributed by atoms with Crippen LogP contribution in [0.1, 0.15) is 113 Å². The summed E-state index contributed by atoms with van der Waals surface area (Å²) in [7, 11) is 0. The maximum Gasteiger partial charge on any atom is 0.162 e. The van der Waals surface area contributed by atoms with E-state index in [-0.39, 0.29) is 17.7 Å². The van der Waals surface area contributed by atoms with Crippen LogP contribution in [0.25, 0.3) is 0 Å². The standard InChI is InChI=1S/C31H41F3O/c1-3-4-19-35-26-16-18-27(29(32)20-26)23-12-7-22(8-13-23)9-14-25-15-17-28(31(34)30(25)33)24-10-5-21(2)6-11-24/h15-18,20-24H,3-14,19H2,1-2H3. The van der Waals surface area contributed by atoms with Crippen LogP contribution in [-0.4, -0.2) is 6.61 Å². The van der Waals surface area contributed by atoms with E-state index < -0.39 is 11.6 Å². The molecule has 0 amide bonds. The van der Waals surface area contributed by atoms with Crippen molar-refractivity contribution in [1.29, 1.82) is 0 Å². The van der Waals surface area contributed by atoms with Crippen molar-refractivity contribution in [3.05, 3.63) is 64.5 Å². The molecule has 2 aliphatic rings. The quantitative estimate of drug-likeness (QED) is 0.321. The maximum absolute atomic E-state index is 14.9. The number of rotatable bonds is 9. The van der Waals surface area contributed by atoms with Crippen molar-refractivity contribution in [2.45, 2.75) is 103 Å². The molecule has 0 aromatic heterocycles. The summed E-state index contributed by atoms with van der Waals surface area (Å²) >= 11 is 0. The van der Waals surface area contributed by atoms with Crippen LogP contribution >= 0.6 is 0 Å². The van der Waals surface area contributed by atoms with Crippen molar-refractivity contribution < 1.29 is 17.9 Å². The number of ether oxygens (including phenoxy) is 1. The van der Waals surface area contributed by atoms with Crippen molar-refractivity contribution in [2.75, 3.05) is 6.61 Å². The summed E-state index contributed by atoms with van der Waals surface area (Å²) in [4.78, 5) is 0. The Morgan fingerprint density at radius 1 is 0.800 bits per heavy atom. The van der Waals surface area contributed by atoms with Gasteiger partial charge in [0, 0.05) is 6.07 Å². The van der Waals surface area contributed by atoms with Gasteiger partial charge in [0.2, 0.25) is 0 Å². The maximum atomic E-state index is 14.9. The second-order valence-corrected chi connectivity index (χ2v) is 11.0. The lowest BCUT2D eigenvalue weighted by atomic mass is 9.76. The molecule has 192 valence electrons. The van der Waals surface area contributed by atoms with Gasteiger partial charge in [-0.05, 0) is 104 Å². The summed E-state index contributed by atoms with van der Waals surface area (Å²) in [6.07, 6.45) is 11.4. The minimum atomic E-state index is -0.641. The van der Waals surface area contributed by atoms with E-state index in [1.165, 1.54) is 6.07 Å². The smallest absolute Gasteiger partial charge is 0.162 e. The highest BCUT2D eigenvalue weighted by atomic mass is 19.2. The van der Waals surface area contributed by atoms with Crippen molar-refractivity contribution in [3.63, 3.8) is 0 Å². The molecule has 0 radical (unpaired) electrons. The zero-order valence-corrected chi connectivity index (χ0v) is 21.4. The Hall–Kier alpha value is -1.97. The summed E-state index contributed by atoms with van der Waals surface area (Å²) in [5.41, 5.74) is 1.86. The molecule has 0 heterocycles. The highest BCUT2D eigenvalue weighted by Crippen LogP contribution is 2.40. The molecule has 0 aliphatic heterocycles.